The third-order valence-corrected chi connectivity index (χ3v) is 5.56. The van der Waals surface area contributed by atoms with E-state index in [0.29, 0.717) is 18.7 Å². The molecular formula is C18H19N3O4S. The van der Waals surface area contributed by atoms with Crippen molar-refractivity contribution >= 4 is 33.2 Å². The van der Waals surface area contributed by atoms with Gasteiger partial charge >= 0.3 is 0 Å². The summed E-state index contributed by atoms with van der Waals surface area (Å²) < 4.78 is 27.7. The molecule has 2 N–H and O–H groups in total. The Morgan fingerprint density at radius 2 is 1.77 bits per heavy atom. The monoisotopic (exact) mass is 373 g/mol. The molecule has 1 heterocycles. The number of rotatable bonds is 5. The lowest BCUT2D eigenvalue weighted by molar-refractivity contribution is -0.117. The van der Waals surface area contributed by atoms with Crippen LogP contribution in [0.15, 0.2) is 53.4 Å². The second kappa shape index (κ2) is 7.17. The summed E-state index contributed by atoms with van der Waals surface area (Å²) in [5.41, 5.74) is 1.11. The maximum atomic E-state index is 12.6. The second-order valence-corrected chi connectivity index (χ2v) is 7.56. The molecule has 136 valence electrons. The number of hydrogen-bond donors (Lipinski definition) is 2. The predicted molar refractivity (Wildman–Crippen MR) is 98.7 cm³/mol. The van der Waals surface area contributed by atoms with Gasteiger partial charge in [-0.2, -0.15) is 0 Å². The molecule has 26 heavy (non-hydrogen) atoms. The van der Waals surface area contributed by atoms with E-state index >= 15 is 0 Å². The number of nitrogens with one attached hydrogen (secondary N) is 2. The van der Waals surface area contributed by atoms with E-state index in [9.17, 15) is 18.0 Å². The highest BCUT2D eigenvalue weighted by molar-refractivity contribution is 7.92. The van der Waals surface area contributed by atoms with Crippen LogP contribution in [0.4, 0.5) is 11.4 Å². The average Bonchev–Trinajstić information content (AvgIpc) is 3.07. The van der Waals surface area contributed by atoms with Gasteiger partial charge in [0.1, 0.15) is 0 Å². The Morgan fingerprint density at radius 1 is 1.08 bits per heavy atom. The van der Waals surface area contributed by atoms with Gasteiger partial charge in [0.15, 0.2) is 0 Å². The quantitative estimate of drug-likeness (QED) is 0.838. The lowest BCUT2D eigenvalue weighted by Crippen LogP contribution is -2.24. The smallest absolute Gasteiger partial charge is 0.261 e. The van der Waals surface area contributed by atoms with Crippen LogP contribution in [0, 0.1) is 0 Å². The van der Waals surface area contributed by atoms with Gasteiger partial charge < -0.3 is 10.2 Å². The SMILES string of the molecule is CNC(=O)c1ccccc1NS(=O)(=O)c1ccc(N2CCCC2=O)cc1. The van der Waals surface area contributed by atoms with E-state index in [2.05, 4.69) is 10.0 Å². The van der Waals surface area contributed by atoms with Crippen molar-refractivity contribution in [2.45, 2.75) is 17.7 Å². The zero-order chi connectivity index (χ0) is 18.7. The van der Waals surface area contributed by atoms with Crippen LogP contribution in [0.5, 0.6) is 0 Å². The minimum Gasteiger partial charge on any atom is -0.355 e. The van der Waals surface area contributed by atoms with E-state index < -0.39 is 10.0 Å². The molecule has 1 saturated heterocycles. The van der Waals surface area contributed by atoms with E-state index in [1.807, 2.05) is 0 Å². The molecule has 0 unspecified atom stereocenters. The second-order valence-electron chi connectivity index (χ2n) is 5.87. The number of anilines is 2. The maximum Gasteiger partial charge on any atom is 0.261 e. The Bertz CT molecular complexity index is 939. The van der Waals surface area contributed by atoms with E-state index in [-0.39, 0.29) is 28.0 Å². The molecule has 0 atom stereocenters. The summed E-state index contributed by atoms with van der Waals surface area (Å²) in [5.74, 6) is -0.343. The Kier molecular flexibility index (Phi) is 4.94. The predicted octanol–water partition coefficient (Wildman–Crippen LogP) is 1.97. The van der Waals surface area contributed by atoms with Crippen molar-refractivity contribution in [3.05, 3.63) is 54.1 Å². The molecule has 0 radical (unpaired) electrons. The Hall–Kier alpha value is -2.87. The topological polar surface area (TPSA) is 95.6 Å². The van der Waals surface area contributed by atoms with Crippen LogP contribution in [0.3, 0.4) is 0 Å². The third kappa shape index (κ3) is 3.55. The molecule has 0 spiro atoms. The molecule has 1 fully saturated rings. The summed E-state index contributed by atoms with van der Waals surface area (Å²) >= 11 is 0. The number of nitrogens with zero attached hydrogens (tertiary/aromatic N) is 1. The van der Waals surface area contributed by atoms with Crippen molar-refractivity contribution < 1.29 is 18.0 Å². The first-order chi connectivity index (χ1) is 12.4. The number of carbonyl (C=O) groups excluding carboxylic acids is 2. The summed E-state index contributed by atoms with van der Waals surface area (Å²) in [6.07, 6.45) is 1.31. The average molecular weight is 373 g/mol. The molecule has 2 amide bonds. The van der Waals surface area contributed by atoms with Crippen molar-refractivity contribution in [3.63, 3.8) is 0 Å². The Labute approximate surface area is 152 Å². The molecule has 3 rings (SSSR count). The standard InChI is InChI=1S/C18H19N3O4S/c1-19-18(23)15-5-2-3-6-16(15)20-26(24,25)14-10-8-13(9-11-14)21-12-4-7-17(21)22/h2-3,5-6,8-11,20H,4,7,12H2,1H3,(H,19,23). The highest BCUT2D eigenvalue weighted by atomic mass is 32.2. The van der Waals surface area contributed by atoms with Gasteiger partial charge in [0.25, 0.3) is 15.9 Å². The summed E-state index contributed by atoms with van der Waals surface area (Å²) in [4.78, 5) is 25.4. The molecule has 1 aliphatic rings. The van der Waals surface area contributed by atoms with Crippen LogP contribution in [0.1, 0.15) is 23.2 Å². The third-order valence-electron chi connectivity index (χ3n) is 4.18. The maximum absolute atomic E-state index is 12.6. The number of sulfonamides is 1. The molecule has 7 nitrogen and oxygen atoms in total. The van der Waals surface area contributed by atoms with Crippen LogP contribution < -0.4 is 14.9 Å². The molecule has 2 aromatic carbocycles. The van der Waals surface area contributed by atoms with Gasteiger partial charge in [0.2, 0.25) is 5.91 Å². The van der Waals surface area contributed by atoms with Crippen molar-refractivity contribution in [1.29, 1.82) is 0 Å². The van der Waals surface area contributed by atoms with Crippen LogP contribution >= 0.6 is 0 Å². The van der Waals surface area contributed by atoms with Crippen LogP contribution in [0.2, 0.25) is 0 Å². The number of para-hydroxylation sites is 1. The summed E-state index contributed by atoms with van der Waals surface area (Å²) in [5, 5.41) is 2.48. The molecule has 2 aromatic rings. The molecule has 0 aromatic heterocycles. The van der Waals surface area contributed by atoms with Gasteiger partial charge in [-0.15, -0.1) is 0 Å². The highest BCUT2D eigenvalue weighted by Gasteiger charge is 2.23. The van der Waals surface area contributed by atoms with Crippen molar-refractivity contribution in [1.82, 2.24) is 5.32 Å². The van der Waals surface area contributed by atoms with Gasteiger partial charge in [-0.3, -0.25) is 14.3 Å². The van der Waals surface area contributed by atoms with Crippen LogP contribution in [-0.4, -0.2) is 33.8 Å². The fourth-order valence-electron chi connectivity index (χ4n) is 2.83. The number of amides is 2. The van der Waals surface area contributed by atoms with Gasteiger partial charge in [0, 0.05) is 25.7 Å². The van der Waals surface area contributed by atoms with Crippen molar-refractivity contribution in [2.75, 3.05) is 23.2 Å². The molecule has 1 aliphatic heterocycles. The Balaban J connectivity index is 1.85. The minimum atomic E-state index is -3.86. The first kappa shape index (κ1) is 17.9. The zero-order valence-electron chi connectivity index (χ0n) is 14.2. The van der Waals surface area contributed by atoms with Gasteiger partial charge in [-0.1, -0.05) is 12.1 Å². The van der Waals surface area contributed by atoms with Crippen molar-refractivity contribution in [2.24, 2.45) is 0 Å². The Morgan fingerprint density at radius 3 is 2.38 bits per heavy atom. The zero-order valence-corrected chi connectivity index (χ0v) is 15.0. The van der Waals surface area contributed by atoms with E-state index in [1.165, 1.54) is 25.2 Å². The fraction of sp³-hybridized carbons (Fsp3) is 0.222. The molecule has 8 heteroatoms. The lowest BCUT2D eigenvalue weighted by atomic mass is 10.2. The fourth-order valence-corrected chi connectivity index (χ4v) is 3.91. The van der Waals surface area contributed by atoms with Crippen LogP contribution in [-0.2, 0) is 14.8 Å². The summed E-state index contributed by atoms with van der Waals surface area (Å²) in [7, 11) is -2.39. The normalized spacial score (nSPS) is 14.3. The van der Waals surface area contributed by atoms with Crippen molar-refractivity contribution in [3.8, 4) is 0 Å². The molecule has 0 bridgehead atoms. The number of carbonyl (C=O) groups is 2. The van der Waals surface area contributed by atoms with E-state index in [4.69, 9.17) is 0 Å². The molecule has 0 saturated carbocycles. The first-order valence-corrected chi connectivity index (χ1v) is 9.65. The molecule has 0 aliphatic carbocycles. The number of benzene rings is 2. The minimum absolute atomic E-state index is 0.0400. The van der Waals surface area contributed by atoms with Gasteiger partial charge in [-0.25, -0.2) is 8.42 Å². The molecular weight excluding hydrogens is 354 g/mol. The van der Waals surface area contributed by atoms with E-state index in [0.717, 1.165) is 6.42 Å². The van der Waals surface area contributed by atoms with Gasteiger partial charge in [-0.05, 0) is 42.8 Å². The van der Waals surface area contributed by atoms with E-state index in [1.54, 1.807) is 35.2 Å². The highest BCUT2D eigenvalue weighted by Crippen LogP contribution is 2.25. The lowest BCUT2D eigenvalue weighted by Gasteiger charge is -2.16. The summed E-state index contributed by atoms with van der Waals surface area (Å²) in [6.45, 7) is 0.642. The van der Waals surface area contributed by atoms with Gasteiger partial charge in [0.05, 0.1) is 16.1 Å². The first-order valence-electron chi connectivity index (χ1n) is 8.17. The number of hydrogen-bond acceptors (Lipinski definition) is 4. The largest absolute Gasteiger partial charge is 0.355 e. The van der Waals surface area contributed by atoms with Crippen LogP contribution in [0.25, 0.3) is 0 Å². The summed E-state index contributed by atoms with van der Waals surface area (Å²) in [6, 6.07) is 12.5.